The van der Waals surface area contributed by atoms with Gasteiger partial charge < -0.3 is 15.5 Å². The standard InChI is InChI=1S/C27H41N5/c1-7-15-28-20-25-11-8-12-26(19-25)27-21-30-32(24(27)4)18-14-23(3)29-16-9-10-22(2)13-17-31(5)6/h8,11-12,14,18-19,21,28-29H,2-3,7,9-10,13,15-17,20H2,1,4-6H3/b18-14-. The molecule has 0 aliphatic carbocycles. The van der Waals surface area contributed by atoms with Crippen LogP contribution in [0.1, 0.15) is 43.9 Å². The lowest BCUT2D eigenvalue weighted by Gasteiger charge is -2.11. The second kappa shape index (κ2) is 13.7. The average molecular weight is 436 g/mol. The summed E-state index contributed by atoms with van der Waals surface area (Å²) in [7, 11) is 4.19. The lowest BCUT2D eigenvalue weighted by Crippen LogP contribution is -2.15. The minimum absolute atomic E-state index is 0.892. The predicted molar refractivity (Wildman–Crippen MR) is 138 cm³/mol. The van der Waals surface area contributed by atoms with E-state index in [0.29, 0.717) is 0 Å². The number of benzene rings is 1. The second-order valence-corrected chi connectivity index (χ2v) is 8.64. The maximum absolute atomic E-state index is 4.55. The summed E-state index contributed by atoms with van der Waals surface area (Å²) in [6.45, 7) is 16.5. The first-order chi connectivity index (χ1) is 15.4. The molecule has 2 rings (SSSR count). The van der Waals surface area contributed by atoms with E-state index in [-0.39, 0.29) is 0 Å². The maximum atomic E-state index is 4.55. The minimum atomic E-state index is 0.892. The van der Waals surface area contributed by atoms with Gasteiger partial charge in [0.25, 0.3) is 0 Å². The van der Waals surface area contributed by atoms with Gasteiger partial charge in [0.15, 0.2) is 0 Å². The quantitative estimate of drug-likeness (QED) is 0.229. The smallest absolute Gasteiger partial charge is 0.0575 e. The van der Waals surface area contributed by atoms with E-state index in [1.807, 2.05) is 23.2 Å². The van der Waals surface area contributed by atoms with Gasteiger partial charge in [0.2, 0.25) is 0 Å². The largest absolute Gasteiger partial charge is 0.385 e. The molecule has 1 aromatic carbocycles. The Morgan fingerprint density at radius 3 is 2.75 bits per heavy atom. The van der Waals surface area contributed by atoms with Gasteiger partial charge in [-0.1, -0.05) is 43.9 Å². The molecule has 5 heteroatoms. The molecule has 0 aliphatic rings. The molecule has 0 fully saturated rings. The molecule has 0 saturated carbocycles. The molecule has 0 amide bonds. The zero-order chi connectivity index (χ0) is 23.3. The van der Waals surface area contributed by atoms with Crippen LogP contribution in [0.4, 0.5) is 0 Å². The zero-order valence-electron chi connectivity index (χ0n) is 20.5. The highest BCUT2D eigenvalue weighted by Crippen LogP contribution is 2.24. The van der Waals surface area contributed by atoms with Gasteiger partial charge in [-0.05, 0) is 76.5 Å². The third kappa shape index (κ3) is 8.85. The SMILES string of the molecule is C=C(CCCNC(=C)/C=C\n1ncc(-c2cccc(CNCCC)c2)c1C)CCN(C)C. The summed E-state index contributed by atoms with van der Waals surface area (Å²) in [6, 6.07) is 8.67. The molecule has 1 heterocycles. The molecule has 0 aliphatic heterocycles. The van der Waals surface area contributed by atoms with Gasteiger partial charge in [-0.25, -0.2) is 4.68 Å². The molecule has 2 aromatic rings. The van der Waals surface area contributed by atoms with Crippen LogP contribution in [-0.4, -0.2) is 48.4 Å². The molecule has 0 atom stereocenters. The van der Waals surface area contributed by atoms with Crippen molar-refractivity contribution in [2.75, 3.05) is 33.7 Å². The fraction of sp³-hybridized carbons (Fsp3) is 0.444. The third-order valence-corrected chi connectivity index (χ3v) is 5.43. The van der Waals surface area contributed by atoms with Gasteiger partial charge >= 0.3 is 0 Å². The van der Waals surface area contributed by atoms with Crippen LogP contribution in [0.2, 0.25) is 0 Å². The van der Waals surface area contributed by atoms with Crippen molar-refractivity contribution in [3.05, 3.63) is 72.2 Å². The van der Waals surface area contributed by atoms with Crippen molar-refractivity contribution in [3.63, 3.8) is 0 Å². The molecule has 174 valence electrons. The van der Waals surface area contributed by atoms with Gasteiger partial charge in [0.05, 0.1) is 6.20 Å². The Balaban J connectivity index is 1.85. The number of hydrogen-bond donors (Lipinski definition) is 2. The van der Waals surface area contributed by atoms with Crippen molar-refractivity contribution in [1.29, 1.82) is 0 Å². The Kier molecular flexibility index (Phi) is 11.0. The summed E-state index contributed by atoms with van der Waals surface area (Å²) in [6.07, 6.45) is 10.2. The third-order valence-electron chi connectivity index (χ3n) is 5.43. The Morgan fingerprint density at radius 1 is 1.19 bits per heavy atom. The van der Waals surface area contributed by atoms with Crippen molar-refractivity contribution in [2.45, 2.75) is 46.1 Å². The van der Waals surface area contributed by atoms with Crippen LogP contribution in [-0.2, 0) is 6.54 Å². The summed E-state index contributed by atoms with van der Waals surface area (Å²) >= 11 is 0. The molecule has 1 aromatic heterocycles. The van der Waals surface area contributed by atoms with Crippen LogP contribution in [0.25, 0.3) is 17.3 Å². The molecule has 2 N–H and O–H groups in total. The molecule has 0 saturated heterocycles. The predicted octanol–water partition coefficient (Wildman–Crippen LogP) is 5.22. The van der Waals surface area contributed by atoms with E-state index >= 15 is 0 Å². The monoisotopic (exact) mass is 435 g/mol. The first-order valence-corrected chi connectivity index (χ1v) is 11.7. The second-order valence-electron chi connectivity index (χ2n) is 8.64. The van der Waals surface area contributed by atoms with Gasteiger partial charge in [-0.3, -0.25) is 0 Å². The molecule has 0 radical (unpaired) electrons. The normalized spacial score (nSPS) is 11.4. The highest BCUT2D eigenvalue weighted by molar-refractivity contribution is 5.66. The minimum Gasteiger partial charge on any atom is -0.385 e. The lowest BCUT2D eigenvalue weighted by atomic mass is 10.0. The van der Waals surface area contributed by atoms with Gasteiger partial charge in [0.1, 0.15) is 0 Å². The summed E-state index contributed by atoms with van der Waals surface area (Å²) in [5, 5.41) is 11.4. The fourth-order valence-electron chi connectivity index (χ4n) is 3.43. The van der Waals surface area contributed by atoms with Crippen molar-refractivity contribution >= 4 is 6.20 Å². The van der Waals surface area contributed by atoms with Crippen LogP contribution in [0.5, 0.6) is 0 Å². The molecule has 32 heavy (non-hydrogen) atoms. The summed E-state index contributed by atoms with van der Waals surface area (Å²) in [4.78, 5) is 2.19. The molecule has 0 bridgehead atoms. The van der Waals surface area contributed by atoms with Crippen molar-refractivity contribution in [1.82, 2.24) is 25.3 Å². The van der Waals surface area contributed by atoms with E-state index < -0.39 is 0 Å². The van der Waals surface area contributed by atoms with E-state index in [1.165, 1.54) is 16.7 Å². The Labute approximate surface area is 194 Å². The number of rotatable bonds is 15. The van der Waals surface area contributed by atoms with Crippen molar-refractivity contribution in [3.8, 4) is 11.1 Å². The van der Waals surface area contributed by atoms with Crippen LogP contribution in [0.15, 0.2) is 61.0 Å². The summed E-state index contributed by atoms with van der Waals surface area (Å²) in [5.74, 6) is 0. The number of aromatic nitrogens is 2. The summed E-state index contributed by atoms with van der Waals surface area (Å²) in [5.41, 5.74) is 6.97. The fourth-order valence-corrected chi connectivity index (χ4v) is 3.43. The van der Waals surface area contributed by atoms with E-state index in [1.54, 1.807) is 0 Å². The first-order valence-electron chi connectivity index (χ1n) is 11.7. The van der Waals surface area contributed by atoms with Crippen molar-refractivity contribution in [2.24, 2.45) is 0 Å². The summed E-state index contributed by atoms with van der Waals surface area (Å²) < 4.78 is 1.91. The van der Waals surface area contributed by atoms with Gasteiger partial charge in [0, 0.05) is 42.8 Å². The highest BCUT2D eigenvalue weighted by atomic mass is 15.3. The number of nitrogens with one attached hydrogen (secondary N) is 2. The van der Waals surface area contributed by atoms with Gasteiger partial charge in [-0.2, -0.15) is 5.10 Å². The Hall–Kier alpha value is -2.63. The highest BCUT2D eigenvalue weighted by Gasteiger charge is 2.08. The van der Waals surface area contributed by atoms with Crippen LogP contribution < -0.4 is 10.6 Å². The topological polar surface area (TPSA) is 45.1 Å². The lowest BCUT2D eigenvalue weighted by molar-refractivity contribution is 0.410. The van der Waals surface area contributed by atoms with Crippen LogP contribution in [0.3, 0.4) is 0 Å². The van der Waals surface area contributed by atoms with Crippen LogP contribution in [0, 0.1) is 6.92 Å². The van der Waals surface area contributed by atoms with E-state index in [9.17, 15) is 0 Å². The zero-order valence-corrected chi connectivity index (χ0v) is 20.5. The van der Waals surface area contributed by atoms with E-state index in [0.717, 1.165) is 68.8 Å². The van der Waals surface area contributed by atoms with Crippen LogP contribution >= 0.6 is 0 Å². The molecule has 0 unspecified atom stereocenters. The van der Waals surface area contributed by atoms with E-state index in [4.69, 9.17) is 0 Å². The Morgan fingerprint density at radius 2 is 2.00 bits per heavy atom. The van der Waals surface area contributed by atoms with Gasteiger partial charge in [-0.15, -0.1) is 0 Å². The molecular weight excluding hydrogens is 394 g/mol. The average Bonchev–Trinajstić information content (AvgIpc) is 3.14. The first kappa shape index (κ1) is 25.6. The number of nitrogens with zero attached hydrogens (tertiary/aromatic N) is 3. The molecular formula is C27H41N5. The van der Waals surface area contributed by atoms with Crippen molar-refractivity contribution < 1.29 is 0 Å². The maximum Gasteiger partial charge on any atom is 0.0575 e. The van der Waals surface area contributed by atoms with E-state index in [2.05, 4.69) is 86.0 Å². The number of allylic oxidation sites excluding steroid dienone is 1. The Bertz CT molecular complexity index is 891. The number of hydrogen-bond acceptors (Lipinski definition) is 4. The molecule has 5 nitrogen and oxygen atoms in total. The molecule has 0 spiro atoms.